The summed E-state index contributed by atoms with van der Waals surface area (Å²) in [6.07, 6.45) is 2.11. The quantitative estimate of drug-likeness (QED) is 0.906. The second kappa shape index (κ2) is 4.09. The highest BCUT2D eigenvalue weighted by atomic mass is 79.9. The van der Waals surface area contributed by atoms with Gasteiger partial charge in [0.2, 0.25) is 0 Å². The molecule has 1 aromatic rings. The predicted octanol–water partition coefficient (Wildman–Crippen LogP) is 2.50. The molecule has 76 valence electrons. The minimum absolute atomic E-state index is 0.440. The lowest BCUT2D eigenvalue weighted by molar-refractivity contribution is -0.146. The fourth-order valence-corrected chi connectivity index (χ4v) is 1.27. The summed E-state index contributed by atoms with van der Waals surface area (Å²) < 4.78 is 0.898. The second-order valence-electron chi connectivity index (χ2n) is 3.83. The van der Waals surface area contributed by atoms with Crippen molar-refractivity contribution >= 4 is 21.9 Å². The van der Waals surface area contributed by atoms with Gasteiger partial charge in [-0.15, -0.1) is 0 Å². The van der Waals surface area contributed by atoms with E-state index < -0.39 is 11.4 Å². The Bertz CT molecular complexity index is 332. The number of carboxylic acid groups (broad SMARTS) is 1. The van der Waals surface area contributed by atoms with E-state index in [1.807, 2.05) is 12.1 Å². The first-order valence-electron chi connectivity index (χ1n) is 4.25. The van der Waals surface area contributed by atoms with Crippen LogP contribution >= 0.6 is 15.9 Å². The minimum Gasteiger partial charge on any atom is -0.481 e. The van der Waals surface area contributed by atoms with E-state index >= 15 is 0 Å². The smallest absolute Gasteiger partial charge is 0.309 e. The molecule has 14 heavy (non-hydrogen) atoms. The zero-order valence-corrected chi connectivity index (χ0v) is 9.71. The van der Waals surface area contributed by atoms with E-state index in [2.05, 4.69) is 20.9 Å². The van der Waals surface area contributed by atoms with Gasteiger partial charge in [0.25, 0.3) is 0 Å². The van der Waals surface area contributed by atoms with E-state index in [4.69, 9.17) is 5.11 Å². The molecule has 0 aliphatic heterocycles. The zero-order chi connectivity index (χ0) is 10.8. The van der Waals surface area contributed by atoms with Gasteiger partial charge in [0, 0.05) is 22.8 Å². The summed E-state index contributed by atoms with van der Waals surface area (Å²) in [5, 5.41) is 8.92. The van der Waals surface area contributed by atoms with Crippen LogP contribution in [0.5, 0.6) is 0 Å². The predicted molar refractivity (Wildman–Crippen MR) is 57.1 cm³/mol. The molecule has 0 radical (unpaired) electrons. The molecule has 1 rings (SSSR count). The summed E-state index contributed by atoms with van der Waals surface area (Å²) in [5.41, 5.74) is 0.0292. The van der Waals surface area contributed by atoms with E-state index in [9.17, 15) is 4.79 Å². The van der Waals surface area contributed by atoms with Crippen LogP contribution in [-0.4, -0.2) is 16.1 Å². The average Bonchev–Trinajstić information content (AvgIpc) is 2.08. The van der Waals surface area contributed by atoms with Crippen LogP contribution in [0, 0.1) is 5.41 Å². The molecule has 0 unspecified atom stereocenters. The largest absolute Gasteiger partial charge is 0.481 e. The van der Waals surface area contributed by atoms with Gasteiger partial charge >= 0.3 is 5.97 Å². The lowest BCUT2D eigenvalue weighted by Gasteiger charge is -2.17. The third kappa shape index (κ3) is 2.80. The molecule has 4 heteroatoms. The molecule has 3 nitrogen and oxygen atoms in total. The Balaban J connectivity index is 2.79. The van der Waals surface area contributed by atoms with Crippen LogP contribution < -0.4 is 0 Å². The van der Waals surface area contributed by atoms with Gasteiger partial charge in [-0.05, 0) is 41.9 Å². The highest BCUT2D eigenvalue weighted by molar-refractivity contribution is 9.10. The second-order valence-corrected chi connectivity index (χ2v) is 4.75. The molecule has 0 saturated heterocycles. The lowest BCUT2D eigenvalue weighted by Crippen LogP contribution is -2.26. The van der Waals surface area contributed by atoms with Crippen molar-refractivity contribution in [3.05, 3.63) is 28.5 Å². The Labute approximate surface area is 91.3 Å². The Morgan fingerprint density at radius 3 is 2.64 bits per heavy atom. The van der Waals surface area contributed by atoms with Gasteiger partial charge in [-0.25, -0.2) is 0 Å². The lowest BCUT2D eigenvalue weighted by atomic mass is 9.88. The number of halogens is 1. The van der Waals surface area contributed by atoms with Crippen molar-refractivity contribution in [1.29, 1.82) is 0 Å². The molecule has 1 heterocycles. The van der Waals surface area contributed by atoms with Crippen LogP contribution in [0.25, 0.3) is 0 Å². The maximum Gasteiger partial charge on any atom is 0.309 e. The molecular formula is C10H12BrNO2. The normalized spacial score (nSPS) is 11.4. The number of aliphatic carboxylic acids is 1. The number of pyridine rings is 1. The Kier molecular flexibility index (Phi) is 3.26. The Morgan fingerprint density at radius 2 is 2.21 bits per heavy atom. The molecule has 0 aliphatic rings. The van der Waals surface area contributed by atoms with Crippen molar-refractivity contribution in [1.82, 2.24) is 4.98 Å². The van der Waals surface area contributed by atoms with Crippen molar-refractivity contribution in [3.8, 4) is 0 Å². The van der Waals surface area contributed by atoms with E-state index in [1.165, 1.54) is 0 Å². The fourth-order valence-electron chi connectivity index (χ4n) is 1.04. The first-order valence-corrected chi connectivity index (χ1v) is 5.05. The molecule has 1 N–H and O–H groups in total. The van der Waals surface area contributed by atoms with Gasteiger partial charge in [-0.1, -0.05) is 0 Å². The van der Waals surface area contributed by atoms with Gasteiger partial charge < -0.3 is 5.11 Å². The highest BCUT2D eigenvalue weighted by Gasteiger charge is 2.27. The van der Waals surface area contributed by atoms with Crippen molar-refractivity contribution in [2.24, 2.45) is 5.41 Å². The first-order chi connectivity index (χ1) is 6.42. The van der Waals surface area contributed by atoms with Crippen molar-refractivity contribution < 1.29 is 9.90 Å². The van der Waals surface area contributed by atoms with E-state index in [-0.39, 0.29) is 0 Å². The minimum atomic E-state index is -0.804. The van der Waals surface area contributed by atoms with Gasteiger partial charge in [-0.2, -0.15) is 0 Å². The molecule has 0 atom stereocenters. The number of hydrogen-bond donors (Lipinski definition) is 1. The van der Waals surface area contributed by atoms with Crippen molar-refractivity contribution in [2.45, 2.75) is 20.3 Å². The summed E-state index contributed by atoms with van der Waals surface area (Å²) in [7, 11) is 0. The SMILES string of the molecule is CC(C)(Cc1ccc(Br)cn1)C(=O)O. The fraction of sp³-hybridized carbons (Fsp3) is 0.400. The van der Waals surface area contributed by atoms with Gasteiger partial charge in [0.1, 0.15) is 0 Å². The molecule has 0 amide bonds. The maximum atomic E-state index is 10.9. The summed E-state index contributed by atoms with van der Waals surface area (Å²) in [5.74, 6) is -0.804. The van der Waals surface area contributed by atoms with Crippen molar-refractivity contribution in [2.75, 3.05) is 0 Å². The number of nitrogens with zero attached hydrogens (tertiary/aromatic N) is 1. The summed E-state index contributed by atoms with van der Waals surface area (Å²) in [6.45, 7) is 3.39. The van der Waals surface area contributed by atoms with Crippen LogP contribution in [0.4, 0.5) is 0 Å². The molecule has 0 fully saturated rings. The van der Waals surface area contributed by atoms with Crippen LogP contribution in [0.15, 0.2) is 22.8 Å². The molecule has 0 spiro atoms. The molecule has 0 aromatic carbocycles. The van der Waals surface area contributed by atoms with Gasteiger partial charge in [0.05, 0.1) is 5.41 Å². The van der Waals surface area contributed by atoms with Crippen LogP contribution in [0.2, 0.25) is 0 Å². The van der Waals surface area contributed by atoms with Gasteiger partial charge in [-0.3, -0.25) is 9.78 Å². The van der Waals surface area contributed by atoms with Crippen LogP contribution in [-0.2, 0) is 11.2 Å². The van der Waals surface area contributed by atoms with E-state index in [0.717, 1.165) is 10.2 Å². The number of carboxylic acids is 1. The molecule has 0 aliphatic carbocycles. The van der Waals surface area contributed by atoms with E-state index in [1.54, 1.807) is 20.0 Å². The summed E-state index contributed by atoms with van der Waals surface area (Å²) in [6, 6.07) is 3.69. The molecule has 0 saturated carbocycles. The summed E-state index contributed by atoms with van der Waals surface area (Å²) in [4.78, 5) is 15.0. The monoisotopic (exact) mass is 257 g/mol. The maximum absolute atomic E-state index is 10.9. The first kappa shape index (κ1) is 11.2. The highest BCUT2D eigenvalue weighted by Crippen LogP contribution is 2.21. The Hall–Kier alpha value is -0.900. The molecular weight excluding hydrogens is 246 g/mol. The number of aromatic nitrogens is 1. The average molecular weight is 258 g/mol. The van der Waals surface area contributed by atoms with Crippen molar-refractivity contribution in [3.63, 3.8) is 0 Å². The Morgan fingerprint density at radius 1 is 1.57 bits per heavy atom. The zero-order valence-electron chi connectivity index (χ0n) is 8.12. The third-order valence-corrected chi connectivity index (χ3v) is 2.46. The third-order valence-electron chi connectivity index (χ3n) is 1.99. The van der Waals surface area contributed by atoms with Crippen LogP contribution in [0.3, 0.4) is 0 Å². The summed E-state index contributed by atoms with van der Waals surface area (Å²) >= 11 is 3.28. The van der Waals surface area contributed by atoms with Gasteiger partial charge in [0.15, 0.2) is 0 Å². The number of rotatable bonds is 3. The topological polar surface area (TPSA) is 50.2 Å². The van der Waals surface area contributed by atoms with Crippen LogP contribution in [0.1, 0.15) is 19.5 Å². The molecule has 1 aromatic heterocycles. The number of carbonyl (C=O) groups is 1. The van der Waals surface area contributed by atoms with E-state index in [0.29, 0.717) is 6.42 Å². The molecule has 0 bridgehead atoms. The number of hydrogen-bond acceptors (Lipinski definition) is 2. The standard InChI is InChI=1S/C10H12BrNO2/c1-10(2,9(13)14)5-8-4-3-7(11)6-12-8/h3-4,6H,5H2,1-2H3,(H,13,14).